The second-order valence-corrected chi connectivity index (χ2v) is 11.4. The molecule has 4 fully saturated rings. The highest BCUT2D eigenvalue weighted by Crippen LogP contribution is 2.65. The monoisotopic (exact) mass is 423 g/mol. The van der Waals surface area contributed by atoms with E-state index >= 15 is 0 Å². The average molecular weight is 424 g/mol. The summed E-state index contributed by atoms with van der Waals surface area (Å²) in [5.74, 6) is 1.84. The van der Waals surface area contributed by atoms with E-state index in [1.807, 2.05) is 6.07 Å². The molecule has 31 heavy (non-hydrogen) atoms. The number of benzene rings is 1. The molecule has 5 rings (SSSR count). The molecule has 1 aliphatic heterocycles. The third kappa shape index (κ3) is 3.60. The molecular weight excluding hydrogens is 386 g/mol. The van der Waals surface area contributed by atoms with Gasteiger partial charge in [0.15, 0.2) is 0 Å². The first kappa shape index (κ1) is 21.0. The molecule has 3 saturated carbocycles. The summed E-state index contributed by atoms with van der Waals surface area (Å²) in [5, 5.41) is 3.29. The second-order valence-electron chi connectivity index (χ2n) is 11.4. The first-order valence-electron chi connectivity index (χ1n) is 12.4. The highest BCUT2D eigenvalue weighted by Gasteiger charge is 2.62. The predicted molar refractivity (Wildman–Crippen MR) is 120 cm³/mol. The predicted octanol–water partition coefficient (Wildman–Crippen LogP) is 5.05. The molecule has 4 heteroatoms. The topological polar surface area (TPSA) is 55.4 Å². The van der Waals surface area contributed by atoms with Gasteiger partial charge in [0.2, 0.25) is 5.91 Å². The summed E-state index contributed by atoms with van der Waals surface area (Å²) in [4.78, 5) is 25.9. The molecule has 1 heterocycles. The average Bonchev–Trinajstić information content (AvgIpc) is 2.73. The zero-order valence-electron chi connectivity index (χ0n) is 19.1. The van der Waals surface area contributed by atoms with E-state index in [1.54, 1.807) is 0 Å². The van der Waals surface area contributed by atoms with Crippen LogP contribution in [0.1, 0.15) is 77.2 Å². The van der Waals surface area contributed by atoms with Crippen LogP contribution in [-0.2, 0) is 20.7 Å². The van der Waals surface area contributed by atoms with Crippen molar-refractivity contribution in [3.63, 3.8) is 0 Å². The molecule has 4 nitrogen and oxygen atoms in total. The molecule has 4 aliphatic rings. The van der Waals surface area contributed by atoms with Crippen LogP contribution in [0.4, 0.5) is 0 Å². The van der Waals surface area contributed by atoms with Gasteiger partial charge in [0.05, 0.1) is 6.42 Å². The normalized spacial score (nSPS) is 41.5. The molecule has 1 saturated heterocycles. The van der Waals surface area contributed by atoms with Gasteiger partial charge in [-0.1, -0.05) is 43.7 Å². The highest BCUT2D eigenvalue weighted by molar-refractivity contribution is 5.82. The number of hydrogen-bond acceptors (Lipinski definition) is 3. The summed E-state index contributed by atoms with van der Waals surface area (Å²) in [7, 11) is 0. The fourth-order valence-electron chi connectivity index (χ4n) is 8.11. The number of carbonyl (C=O) groups excluding carboxylic acids is 2. The van der Waals surface area contributed by atoms with Crippen molar-refractivity contribution < 1.29 is 14.3 Å². The van der Waals surface area contributed by atoms with Crippen molar-refractivity contribution in [2.45, 2.75) is 83.7 Å². The number of nitrogens with one attached hydrogen (secondary N) is 1. The van der Waals surface area contributed by atoms with Crippen molar-refractivity contribution in [3.05, 3.63) is 35.9 Å². The van der Waals surface area contributed by atoms with Gasteiger partial charge < -0.3 is 10.1 Å². The maximum Gasteiger partial charge on any atom is 0.306 e. The first-order valence-corrected chi connectivity index (χ1v) is 12.4. The molecule has 0 aromatic heterocycles. The second kappa shape index (κ2) is 7.64. The number of hydrogen-bond donors (Lipinski definition) is 1. The van der Waals surface area contributed by atoms with Gasteiger partial charge in [-0.2, -0.15) is 0 Å². The molecule has 1 N–H and O–H groups in total. The summed E-state index contributed by atoms with van der Waals surface area (Å²) < 4.78 is 5.78. The number of carbonyl (C=O) groups is 2. The number of amides is 1. The van der Waals surface area contributed by atoms with E-state index in [1.165, 1.54) is 12.0 Å². The maximum atomic E-state index is 13.5. The molecule has 1 aromatic carbocycles. The fraction of sp³-hybridized carbons (Fsp3) is 0.704. The van der Waals surface area contributed by atoms with E-state index in [0.717, 1.165) is 51.4 Å². The first-order chi connectivity index (χ1) is 14.8. The molecule has 1 amide bonds. The van der Waals surface area contributed by atoms with Gasteiger partial charge in [-0.15, -0.1) is 0 Å². The number of fused-ring (bicyclic) bond motifs is 3. The smallest absolute Gasteiger partial charge is 0.306 e. The summed E-state index contributed by atoms with van der Waals surface area (Å²) in [6.45, 7) is 5.06. The van der Waals surface area contributed by atoms with Crippen LogP contribution in [0.5, 0.6) is 0 Å². The zero-order valence-corrected chi connectivity index (χ0v) is 19.1. The van der Waals surface area contributed by atoms with Gasteiger partial charge in [0, 0.05) is 12.0 Å². The molecular formula is C27H37NO3. The minimum Gasteiger partial charge on any atom is -0.459 e. The molecule has 1 aromatic rings. The lowest BCUT2D eigenvalue weighted by Crippen LogP contribution is -2.60. The van der Waals surface area contributed by atoms with Crippen molar-refractivity contribution in [2.75, 3.05) is 6.54 Å². The summed E-state index contributed by atoms with van der Waals surface area (Å²) in [5.41, 5.74) is 0.845. The van der Waals surface area contributed by atoms with Crippen LogP contribution in [0.3, 0.4) is 0 Å². The lowest BCUT2D eigenvalue weighted by molar-refractivity contribution is -0.211. The molecule has 1 unspecified atom stereocenters. The van der Waals surface area contributed by atoms with Gasteiger partial charge in [0.25, 0.3) is 0 Å². The van der Waals surface area contributed by atoms with Gasteiger partial charge in [0.1, 0.15) is 5.60 Å². The van der Waals surface area contributed by atoms with E-state index in [9.17, 15) is 9.59 Å². The standard InChI is InChI=1S/C27H37NO3/c1-25-14-10-22-20-9-6-13-26(2,24(30)28-16-12-19-7-4-3-5-8-19)21(20)11-15-27(22,18-25)17-23(29)31-25/h3-5,7-8,20-22H,6,9-18H2,1-2H3,(H,28,30)/t20?,21-,22-,25-,26+,27-/m0/s1. The lowest BCUT2D eigenvalue weighted by atomic mass is 9.44. The Bertz CT molecular complexity index is 853. The van der Waals surface area contributed by atoms with Crippen molar-refractivity contribution in [1.82, 2.24) is 5.32 Å². The van der Waals surface area contributed by atoms with E-state index in [4.69, 9.17) is 4.74 Å². The number of ether oxygens (including phenoxy) is 1. The van der Waals surface area contributed by atoms with E-state index in [0.29, 0.717) is 30.7 Å². The number of esters is 1. The highest BCUT2D eigenvalue weighted by atomic mass is 16.6. The molecule has 6 atom stereocenters. The summed E-state index contributed by atoms with van der Waals surface area (Å²) in [6.07, 6.45) is 10.1. The Morgan fingerprint density at radius 3 is 2.65 bits per heavy atom. The van der Waals surface area contributed by atoms with Crippen molar-refractivity contribution in [1.29, 1.82) is 0 Å². The van der Waals surface area contributed by atoms with Gasteiger partial charge in [-0.25, -0.2) is 0 Å². The van der Waals surface area contributed by atoms with Crippen LogP contribution in [0.2, 0.25) is 0 Å². The Morgan fingerprint density at radius 2 is 1.84 bits per heavy atom. The van der Waals surface area contributed by atoms with Crippen molar-refractivity contribution in [3.8, 4) is 0 Å². The summed E-state index contributed by atoms with van der Waals surface area (Å²) in [6, 6.07) is 10.4. The third-order valence-corrected chi connectivity index (χ3v) is 9.45. The van der Waals surface area contributed by atoms with E-state index in [2.05, 4.69) is 43.4 Å². The Morgan fingerprint density at radius 1 is 1.06 bits per heavy atom. The Labute approximate surface area is 186 Å². The Kier molecular flexibility index (Phi) is 5.18. The van der Waals surface area contributed by atoms with E-state index < -0.39 is 0 Å². The third-order valence-electron chi connectivity index (χ3n) is 9.45. The largest absolute Gasteiger partial charge is 0.459 e. The SMILES string of the molecule is C[C@@]12CC[C@H]3C4CCC[C@@](C)(C(=O)NCCc5ccccc5)[C@H]4CC[C@]3(CC(=O)O1)C2. The van der Waals surface area contributed by atoms with Gasteiger partial charge in [-0.3, -0.25) is 9.59 Å². The van der Waals surface area contributed by atoms with Crippen LogP contribution >= 0.6 is 0 Å². The molecule has 1 spiro atoms. The van der Waals surface area contributed by atoms with Gasteiger partial charge >= 0.3 is 5.97 Å². The van der Waals surface area contributed by atoms with Crippen LogP contribution in [-0.4, -0.2) is 24.0 Å². The summed E-state index contributed by atoms with van der Waals surface area (Å²) >= 11 is 0. The lowest BCUT2D eigenvalue weighted by Gasteiger charge is -2.62. The molecule has 2 bridgehead atoms. The molecule has 0 radical (unpaired) electrons. The van der Waals surface area contributed by atoms with Crippen LogP contribution < -0.4 is 5.32 Å². The van der Waals surface area contributed by atoms with Gasteiger partial charge in [-0.05, 0) is 87.0 Å². The Balaban J connectivity index is 1.30. The fourth-order valence-corrected chi connectivity index (χ4v) is 8.11. The van der Waals surface area contributed by atoms with E-state index in [-0.39, 0.29) is 28.3 Å². The zero-order chi connectivity index (χ0) is 21.7. The number of rotatable bonds is 4. The minimum absolute atomic E-state index is 0.00845. The quantitative estimate of drug-likeness (QED) is 0.689. The van der Waals surface area contributed by atoms with Crippen LogP contribution in [0, 0.1) is 28.6 Å². The van der Waals surface area contributed by atoms with Crippen molar-refractivity contribution >= 4 is 11.9 Å². The maximum absolute atomic E-state index is 13.5. The molecule has 168 valence electrons. The van der Waals surface area contributed by atoms with Crippen LogP contribution in [0.15, 0.2) is 30.3 Å². The molecule has 3 aliphatic carbocycles. The van der Waals surface area contributed by atoms with Crippen molar-refractivity contribution in [2.24, 2.45) is 28.6 Å². The van der Waals surface area contributed by atoms with Crippen LogP contribution in [0.25, 0.3) is 0 Å². The minimum atomic E-state index is -0.281. The Hall–Kier alpha value is -1.84.